The third-order valence-electron chi connectivity index (χ3n) is 3.10. The molecule has 0 spiro atoms. The third-order valence-corrected chi connectivity index (χ3v) is 3.10. The fraction of sp³-hybridized carbons (Fsp3) is 0.700. The van der Waals surface area contributed by atoms with Gasteiger partial charge in [0.05, 0.1) is 0 Å². The predicted molar refractivity (Wildman–Crippen MR) is 44.1 cm³/mol. The zero-order valence-electron chi connectivity index (χ0n) is 6.70. The van der Waals surface area contributed by atoms with Gasteiger partial charge in [0.2, 0.25) is 0 Å². The van der Waals surface area contributed by atoms with Crippen LogP contribution in [-0.2, 0) is 4.79 Å². The highest BCUT2D eigenvalue weighted by Crippen LogP contribution is 2.39. The van der Waals surface area contributed by atoms with E-state index < -0.39 is 0 Å². The maximum atomic E-state index is 10.5. The van der Waals surface area contributed by atoms with Crippen molar-refractivity contribution in [3.05, 3.63) is 12.2 Å². The van der Waals surface area contributed by atoms with Crippen LogP contribution in [0.5, 0.6) is 0 Å². The van der Waals surface area contributed by atoms with E-state index in [2.05, 4.69) is 12.2 Å². The molecule has 0 saturated heterocycles. The van der Waals surface area contributed by atoms with Crippen molar-refractivity contribution >= 4 is 6.29 Å². The Bertz CT molecular complexity index is 183. The van der Waals surface area contributed by atoms with Gasteiger partial charge in [0, 0.05) is 5.92 Å². The van der Waals surface area contributed by atoms with E-state index in [1.165, 1.54) is 12.8 Å². The second-order valence-electron chi connectivity index (χ2n) is 3.80. The number of hydrogen-bond donors (Lipinski definition) is 0. The SMILES string of the molecule is O=CC1CCC2C=CCC2C1. The Hall–Kier alpha value is -0.590. The van der Waals surface area contributed by atoms with Crippen LogP contribution in [0.4, 0.5) is 0 Å². The molecule has 0 bridgehead atoms. The number of fused-ring (bicyclic) bond motifs is 1. The van der Waals surface area contributed by atoms with E-state index in [0.29, 0.717) is 5.92 Å². The molecule has 0 amide bonds. The maximum Gasteiger partial charge on any atom is 0.123 e. The maximum absolute atomic E-state index is 10.5. The average Bonchev–Trinajstić information content (AvgIpc) is 2.50. The number of carbonyl (C=O) groups is 1. The Labute approximate surface area is 67.5 Å². The lowest BCUT2D eigenvalue weighted by Crippen LogP contribution is -2.21. The van der Waals surface area contributed by atoms with Gasteiger partial charge in [-0.3, -0.25) is 0 Å². The summed E-state index contributed by atoms with van der Waals surface area (Å²) >= 11 is 0. The molecule has 0 aromatic carbocycles. The molecule has 2 aliphatic carbocycles. The Kier molecular flexibility index (Phi) is 1.80. The minimum Gasteiger partial charge on any atom is -0.303 e. The van der Waals surface area contributed by atoms with Crippen molar-refractivity contribution in [3.63, 3.8) is 0 Å². The fourth-order valence-corrected chi connectivity index (χ4v) is 2.40. The molecule has 0 aliphatic heterocycles. The molecular weight excluding hydrogens is 136 g/mol. The first-order valence-corrected chi connectivity index (χ1v) is 4.52. The predicted octanol–water partition coefficient (Wildman–Crippen LogP) is 2.18. The van der Waals surface area contributed by atoms with Gasteiger partial charge in [0.15, 0.2) is 0 Å². The summed E-state index contributed by atoms with van der Waals surface area (Å²) in [7, 11) is 0. The molecular formula is C10H14O. The highest BCUT2D eigenvalue weighted by molar-refractivity contribution is 5.53. The molecule has 0 radical (unpaired) electrons. The molecule has 3 atom stereocenters. The van der Waals surface area contributed by atoms with Gasteiger partial charge in [0.1, 0.15) is 6.29 Å². The summed E-state index contributed by atoms with van der Waals surface area (Å²) in [6.45, 7) is 0. The molecule has 1 saturated carbocycles. The van der Waals surface area contributed by atoms with Crippen LogP contribution in [0.3, 0.4) is 0 Å². The van der Waals surface area contributed by atoms with Crippen molar-refractivity contribution in [2.75, 3.05) is 0 Å². The van der Waals surface area contributed by atoms with Crippen LogP contribution in [0.2, 0.25) is 0 Å². The van der Waals surface area contributed by atoms with Crippen molar-refractivity contribution in [3.8, 4) is 0 Å². The highest BCUT2D eigenvalue weighted by Gasteiger charge is 2.30. The molecule has 1 nitrogen and oxygen atoms in total. The summed E-state index contributed by atoms with van der Waals surface area (Å²) in [6.07, 6.45) is 10.5. The van der Waals surface area contributed by atoms with Crippen LogP contribution in [0.1, 0.15) is 25.7 Å². The number of hydrogen-bond acceptors (Lipinski definition) is 1. The summed E-state index contributed by atoms with van der Waals surface area (Å²) in [5.74, 6) is 1.99. The topological polar surface area (TPSA) is 17.1 Å². The van der Waals surface area contributed by atoms with Gasteiger partial charge in [-0.2, -0.15) is 0 Å². The lowest BCUT2D eigenvalue weighted by atomic mass is 9.76. The Morgan fingerprint density at radius 1 is 1.36 bits per heavy atom. The zero-order valence-corrected chi connectivity index (χ0v) is 6.70. The number of rotatable bonds is 1. The van der Waals surface area contributed by atoms with Gasteiger partial charge in [0.25, 0.3) is 0 Å². The summed E-state index contributed by atoms with van der Waals surface area (Å²) in [6, 6.07) is 0. The Morgan fingerprint density at radius 3 is 3.09 bits per heavy atom. The second-order valence-corrected chi connectivity index (χ2v) is 3.80. The molecule has 11 heavy (non-hydrogen) atoms. The minimum atomic E-state index is 0.371. The quantitative estimate of drug-likeness (QED) is 0.413. The standard InChI is InChI=1S/C10H14O/c11-7-8-4-5-9-2-1-3-10(9)6-8/h1-2,7-10H,3-6H2. The first-order valence-electron chi connectivity index (χ1n) is 4.52. The minimum absolute atomic E-state index is 0.371. The first-order chi connectivity index (χ1) is 5.40. The number of aldehydes is 1. The summed E-state index contributed by atoms with van der Waals surface area (Å²) in [5, 5.41) is 0. The van der Waals surface area contributed by atoms with Gasteiger partial charge >= 0.3 is 0 Å². The zero-order chi connectivity index (χ0) is 7.68. The summed E-state index contributed by atoms with van der Waals surface area (Å²) < 4.78 is 0. The van der Waals surface area contributed by atoms with E-state index in [-0.39, 0.29) is 0 Å². The van der Waals surface area contributed by atoms with E-state index in [4.69, 9.17) is 0 Å². The van der Waals surface area contributed by atoms with E-state index in [1.807, 2.05) is 0 Å². The van der Waals surface area contributed by atoms with E-state index in [0.717, 1.165) is 31.0 Å². The molecule has 2 aliphatic rings. The lowest BCUT2D eigenvalue weighted by molar-refractivity contribution is -0.112. The van der Waals surface area contributed by atoms with Crippen molar-refractivity contribution in [2.45, 2.75) is 25.7 Å². The van der Waals surface area contributed by atoms with Crippen LogP contribution >= 0.6 is 0 Å². The van der Waals surface area contributed by atoms with Gasteiger partial charge in [-0.15, -0.1) is 0 Å². The number of allylic oxidation sites excluding steroid dienone is 2. The fourth-order valence-electron chi connectivity index (χ4n) is 2.40. The van der Waals surface area contributed by atoms with Crippen molar-refractivity contribution in [1.82, 2.24) is 0 Å². The Morgan fingerprint density at radius 2 is 2.27 bits per heavy atom. The van der Waals surface area contributed by atoms with Crippen molar-refractivity contribution in [2.24, 2.45) is 17.8 Å². The van der Waals surface area contributed by atoms with Crippen LogP contribution in [0, 0.1) is 17.8 Å². The Balaban J connectivity index is 1.99. The molecule has 0 aromatic heterocycles. The molecule has 1 heteroatoms. The van der Waals surface area contributed by atoms with Gasteiger partial charge in [-0.05, 0) is 37.5 Å². The molecule has 60 valence electrons. The smallest absolute Gasteiger partial charge is 0.123 e. The third kappa shape index (κ3) is 1.24. The van der Waals surface area contributed by atoms with Crippen LogP contribution in [-0.4, -0.2) is 6.29 Å². The average molecular weight is 150 g/mol. The van der Waals surface area contributed by atoms with Gasteiger partial charge in [-0.1, -0.05) is 12.2 Å². The van der Waals surface area contributed by atoms with E-state index >= 15 is 0 Å². The molecule has 0 heterocycles. The van der Waals surface area contributed by atoms with Crippen LogP contribution < -0.4 is 0 Å². The molecule has 0 N–H and O–H groups in total. The molecule has 3 unspecified atom stereocenters. The highest BCUT2D eigenvalue weighted by atomic mass is 16.1. The monoisotopic (exact) mass is 150 g/mol. The van der Waals surface area contributed by atoms with Crippen molar-refractivity contribution in [1.29, 1.82) is 0 Å². The first kappa shape index (κ1) is 7.08. The van der Waals surface area contributed by atoms with Crippen molar-refractivity contribution < 1.29 is 4.79 Å². The molecule has 0 aromatic rings. The molecule has 1 fully saturated rings. The van der Waals surface area contributed by atoms with E-state index in [9.17, 15) is 4.79 Å². The second kappa shape index (κ2) is 2.80. The summed E-state index contributed by atoms with van der Waals surface area (Å²) in [5.41, 5.74) is 0. The van der Waals surface area contributed by atoms with E-state index in [1.54, 1.807) is 0 Å². The van der Waals surface area contributed by atoms with Crippen LogP contribution in [0.15, 0.2) is 12.2 Å². The lowest BCUT2D eigenvalue weighted by Gasteiger charge is -2.28. The van der Waals surface area contributed by atoms with Gasteiger partial charge < -0.3 is 4.79 Å². The van der Waals surface area contributed by atoms with Crippen LogP contribution in [0.25, 0.3) is 0 Å². The largest absolute Gasteiger partial charge is 0.303 e. The molecule has 2 rings (SSSR count). The number of carbonyl (C=O) groups excluding carboxylic acids is 1. The normalized spacial score (nSPS) is 42.0. The summed E-state index contributed by atoms with van der Waals surface area (Å²) in [4.78, 5) is 10.5. The van der Waals surface area contributed by atoms with Gasteiger partial charge in [-0.25, -0.2) is 0 Å².